The molecule has 0 aromatic heterocycles. The number of nitrogens with zero attached hydrogens (tertiary/aromatic N) is 1. The Kier molecular flexibility index (Phi) is 3.32. The first-order valence-corrected chi connectivity index (χ1v) is 6.81. The zero-order valence-corrected chi connectivity index (χ0v) is 10.0. The minimum absolute atomic E-state index is 0.153. The molecule has 94 valence electrons. The van der Waals surface area contributed by atoms with Crippen LogP contribution in [0, 0.1) is 5.82 Å². The van der Waals surface area contributed by atoms with Gasteiger partial charge in [0.2, 0.25) is 10.0 Å². The Morgan fingerprint density at radius 1 is 1.29 bits per heavy atom. The van der Waals surface area contributed by atoms with Crippen LogP contribution in [-0.4, -0.2) is 34.6 Å². The molecule has 0 bridgehead atoms. The zero-order chi connectivity index (χ0) is 12.5. The van der Waals surface area contributed by atoms with Crippen LogP contribution in [0.3, 0.4) is 0 Å². The number of halogens is 1. The standard InChI is InChI=1S/C10H14FN3O2S/c11-8-1-2-9(10(7-8)17(12,15)16)14-5-3-13-4-6-14/h1-2,7,13H,3-6H2,(H2,12,15,16). The molecule has 0 radical (unpaired) electrons. The second kappa shape index (κ2) is 4.59. The number of sulfonamides is 1. The normalized spacial score (nSPS) is 17.2. The van der Waals surface area contributed by atoms with E-state index in [0.717, 1.165) is 19.2 Å². The molecule has 5 nitrogen and oxygen atoms in total. The van der Waals surface area contributed by atoms with Crippen molar-refractivity contribution in [2.24, 2.45) is 5.14 Å². The third-order valence-corrected chi connectivity index (χ3v) is 3.63. The quantitative estimate of drug-likeness (QED) is 0.776. The largest absolute Gasteiger partial charge is 0.368 e. The van der Waals surface area contributed by atoms with Gasteiger partial charge in [0.1, 0.15) is 10.7 Å². The van der Waals surface area contributed by atoms with E-state index in [1.165, 1.54) is 12.1 Å². The molecule has 17 heavy (non-hydrogen) atoms. The highest BCUT2D eigenvalue weighted by Gasteiger charge is 2.20. The number of hydrogen-bond acceptors (Lipinski definition) is 4. The van der Waals surface area contributed by atoms with Crippen molar-refractivity contribution in [3.63, 3.8) is 0 Å². The molecule has 0 unspecified atom stereocenters. The molecule has 1 heterocycles. The van der Waals surface area contributed by atoms with Crippen molar-refractivity contribution < 1.29 is 12.8 Å². The second-order valence-electron chi connectivity index (χ2n) is 3.89. The molecule has 1 saturated heterocycles. The Bertz CT molecular complexity index is 512. The van der Waals surface area contributed by atoms with Crippen molar-refractivity contribution in [1.29, 1.82) is 0 Å². The molecule has 1 aliphatic heterocycles. The smallest absolute Gasteiger partial charge is 0.240 e. The van der Waals surface area contributed by atoms with Gasteiger partial charge >= 0.3 is 0 Å². The van der Waals surface area contributed by atoms with Crippen LogP contribution in [0.4, 0.5) is 10.1 Å². The average molecular weight is 259 g/mol. The van der Waals surface area contributed by atoms with Crippen molar-refractivity contribution in [3.8, 4) is 0 Å². The van der Waals surface area contributed by atoms with Crippen molar-refractivity contribution in [1.82, 2.24) is 5.32 Å². The van der Waals surface area contributed by atoms with Crippen LogP contribution < -0.4 is 15.4 Å². The number of hydrogen-bond donors (Lipinski definition) is 2. The molecule has 0 aliphatic carbocycles. The number of benzene rings is 1. The monoisotopic (exact) mass is 259 g/mol. The summed E-state index contributed by atoms with van der Waals surface area (Å²) in [7, 11) is -3.91. The van der Waals surface area contributed by atoms with Crippen LogP contribution in [0.2, 0.25) is 0 Å². The molecule has 0 atom stereocenters. The van der Waals surface area contributed by atoms with Gasteiger partial charge in [0, 0.05) is 26.2 Å². The van der Waals surface area contributed by atoms with Crippen LogP contribution >= 0.6 is 0 Å². The van der Waals surface area contributed by atoms with Gasteiger partial charge < -0.3 is 10.2 Å². The van der Waals surface area contributed by atoms with Crippen LogP contribution in [0.15, 0.2) is 23.1 Å². The van der Waals surface area contributed by atoms with Gasteiger partial charge in [-0.25, -0.2) is 17.9 Å². The molecule has 0 amide bonds. The fraction of sp³-hybridized carbons (Fsp3) is 0.400. The Morgan fingerprint density at radius 2 is 1.94 bits per heavy atom. The molecule has 1 fully saturated rings. The summed E-state index contributed by atoms with van der Waals surface area (Å²) in [6.45, 7) is 2.88. The SMILES string of the molecule is NS(=O)(=O)c1cc(F)ccc1N1CCNCC1. The highest BCUT2D eigenvalue weighted by Crippen LogP contribution is 2.25. The number of nitrogens with one attached hydrogen (secondary N) is 1. The van der Waals surface area contributed by atoms with Crippen LogP contribution in [-0.2, 0) is 10.0 Å². The summed E-state index contributed by atoms with van der Waals surface area (Å²) in [6.07, 6.45) is 0. The lowest BCUT2D eigenvalue weighted by atomic mass is 10.2. The predicted molar refractivity (Wildman–Crippen MR) is 62.9 cm³/mol. The van der Waals surface area contributed by atoms with Crippen molar-refractivity contribution in [2.45, 2.75) is 4.90 Å². The van der Waals surface area contributed by atoms with E-state index in [1.807, 2.05) is 4.90 Å². The fourth-order valence-electron chi connectivity index (χ4n) is 1.88. The summed E-state index contributed by atoms with van der Waals surface area (Å²) >= 11 is 0. The first kappa shape index (κ1) is 12.3. The summed E-state index contributed by atoms with van der Waals surface area (Å²) in [5.74, 6) is -0.604. The number of primary sulfonamides is 1. The van der Waals surface area contributed by atoms with Crippen LogP contribution in [0.25, 0.3) is 0 Å². The van der Waals surface area contributed by atoms with Gasteiger partial charge in [0.15, 0.2) is 0 Å². The highest BCUT2D eigenvalue weighted by molar-refractivity contribution is 7.89. The maximum absolute atomic E-state index is 13.1. The van der Waals surface area contributed by atoms with Gasteiger partial charge in [0.25, 0.3) is 0 Å². The van der Waals surface area contributed by atoms with Crippen molar-refractivity contribution in [3.05, 3.63) is 24.0 Å². The summed E-state index contributed by atoms with van der Waals surface area (Å²) in [5.41, 5.74) is 0.468. The Hall–Kier alpha value is -1.18. The van der Waals surface area contributed by atoms with E-state index in [2.05, 4.69) is 5.32 Å². The van der Waals surface area contributed by atoms with Gasteiger partial charge in [-0.05, 0) is 18.2 Å². The minimum Gasteiger partial charge on any atom is -0.368 e. The first-order valence-electron chi connectivity index (χ1n) is 5.26. The number of piperazine rings is 1. The van der Waals surface area contributed by atoms with E-state index in [1.54, 1.807) is 0 Å². The molecule has 1 aromatic carbocycles. The number of nitrogens with two attached hydrogens (primary N) is 1. The van der Waals surface area contributed by atoms with E-state index in [4.69, 9.17) is 5.14 Å². The van der Waals surface area contributed by atoms with Crippen LogP contribution in [0.1, 0.15) is 0 Å². The van der Waals surface area contributed by atoms with Crippen molar-refractivity contribution >= 4 is 15.7 Å². The van der Waals surface area contributed by atoms with Gasteiger partial charge in [-0.1, -0.05) is 0 Å². The Balaban J connectivity index is 2.45. The van der Waals surface area contributed by atoms with E-state index >= 15 is 0 Å². The second-order valence-corrected chi connectivity index (χ2v) is 5.42. The molecule has 7 heteroatoms. The Morgan fingerprint density at radius 3 is 2.53 bits per heavy atom. The number of anilines is 1. The predicted octanol–water partition coefficient (Wildman–Crippen LogP) is -0.117. The molecule has 2 rings (SSSR count). The van der Waals surface area contributed by atoms with Crippen molar-refractivity contribution in [2.75, 3.05) is 31.1 Å². The highest BCUT2D eigenvalue weighted by atomic mass is 32.2. The first-order chi connectivity index (χ1) is 7.98. The van der Waals surface area contributed by atoms with E-state index in [0.29, 0.717) is 18.8 Å². The lowest BCUT2D eigenvalue weighted by Gasteiger charge is -2.30. The summed E-state index contributed by atoms with van der Waals surface area (Å²) in [5, 5.41) is 8.25. The minimum atomic E-state index is -3.91. The Labute approximate surface area is 99.5 Å². The third-order valence-electron chi connectivity index (χ3n) is 2.69. The lowest BCUT2D eigenvalue weighted by Crippen LogP contribution is -2.44. The van der Waals surface area contributed by atoms with Gasteiger partial charge in [-0.3, -0.25) is 0 Å². The maximum atomic E-state index is 13.1. The lowest BCUT2D eigenvalue weighted by molar-refractivity contribution is 0.575. The summed E-state index contributed by atoms with van der Waals surface area (Å²) in [6, 6.07) is 3.67. The molecule has 1 aliphatic rings. The third kappa shape index (κ3) is 2.74. The summed E-state index contributed by atoms with van der Waals surface area (Å²) < 4.78 is 35.9. The van der Waals surface area contributed by atoms with Gasteiger partial charge in [0.05, 0.1) is 5.69 Å². The van der Waals surface area contributed by atoms with Gasteiger partial charge in [-0.2, -0.15) is 0 Å². The van der Waals surface area contributed by atoms with Gasteiger partial charge in [-0.15, -0.1) is 0 Å². The van der Waals surface area contributed by atoms with Crippen LogP contribution in [0.5, 0.6) is 0 Å². The number of rotatable bonds is 2. The van der Waals surface area contributed by atoms with E-state index < -0.39 is 15.8 Å². The van der Waals surface area contributed by atoms with E-state index in [9.17, 15) is 12.8 Å². The zero-order valence-electron chi connectivity index (χ0n) is 9.19. The average Bonchev–Trinajstić information content (AvgIpc) is 2.29. The molecular formula is C10H14FN3O2S. The fourth-order valence-corrected chi connectivity index (χ4v) is 2.65. The molecule has 0 saturated carbocycles. The molecule has 3 N–H and O–H groups in total. The molecule has 0 spiro atoms. The summed E-state index contributed by atoms with van der Waals surface area (Å²) in [4.78, 5) is 1.73. The maximum Gasteiger partial charge on any atom is 0.240 e. The van der Waals surface area contributed by atoms with E-state index in [-0.39, 0.29) is 4.90 Å². The topological polar surface area (TPSA) is 75.4 Å². The molecular weight excluding hydrogens is 245 g/mol. The molecule has 1 aromatic rings.